The normalized spacial score (nSPS) is 18.6. The Kier molecular flexibility index (Phi) is 5.66. The van der Waals surface area contributed by atoms with Crippen molar-refractivity contribution in [2.45, 2.75) is 78.3 Å². The van der Waals surface area contributed by atoms with Crippen LogP contribution in [0.2, 0.25) is 0 Å². The van der Waals surface area contributed by atoms with E-state index in [1.807, 2.05) is 0 Å². The molecule has 0 saturated heterocycles. The molecule has 0 spiro atoms. The van der Waals surface area contributed by atoms with E-state index in [4.69, 9.17) is 0 Å². The van der Waals surface area contributed by atoms with Crippen LogP contribution in [-0.2, 0) is 0 Å². The number of nitrogens with zero attached hydrogens (tertiary/aromatic N) is 1. The highest BCUT2D eigenvalue weighted by atomic mass is 15.2. The van der Waals surface area contributed by atoms with E-state index in [9.17, 15) is 0 Å². The average molecular weight is 211 g/mol. The molecule has 15 heavy (non-hydrogen) atoms. The molecule has 0 atom stereocenters. The first-order valence-electron chi connectivity index (χ1n) is 6.87. The van der Waals surface area contributed by atoms with Gasteiger partial charge in [0.1, 0.15) is 0 Å². The molecular weight excluding hydrogens is 182 g/mol. The predicted octanol–water partition coefficient (Wildman–Crippen LogP) is 4.08. The molecule has 1 heteroatoms. The molecule has 1 nitrogen and oxygen atoms in total. The summed E-state index contributed by atoms with van der Waals surface area (Å²) in [7, 11) is 0. The molecule has 0 heterocycles. The zero-order valence-electron chi connectivity index (χ0n) is 11.1. The summed E-state index contributed by atoms with van der Waals surface area (Å²) in [5, 5.41) is 0. The van der Waals surface area contributed by atoms with E-state index >= 15 is 0 Å². The number of hydrogen-bond acceptors (Lipinski definition) is 1. The van der Waals surface area contributed by atoms with Crippen LogP contribution in [0, 0.1) is 5.92 Å². The number of hydrogen-bond donors (Lipinski definition) is 0. The van der Waals surface area contributed by atoms with Gasteiger partial charge >= 0.3 is 0 Å². The van der Waals surface area contributed by atoms with Gasteiger partial charge in [0, 0.05) is 12.1 Å². The van der Waals surface area contributed by atoms with Gasteiger partial charge < -0.3 is 0 Å². The topological polar surface area (TPSA) is 3.24 Å². The van der Waals surface area contributed by atoms with E-state index in [0.717, 1.165) is 5.92 Å². The molecule has 0 radical (unpaired) electrons. The van der Waals surface area contributed by atoms with E-state index in [1.165, 1.54) is 45.1 Å². The minimum absolute atomic E-state index is 0.702. The van der Waals surface area contributed by atoms with Crippen LogP contribution in [0.15, 0.2) is 0 Å². The summed E-state index contributed by atoms with van der Waals surface area (Å²) < 4.78 is 0. The molecule has 0 N–H and O–H groups in total. The van der Waals surface area contributed by atoms with E-state index < -0.39 is 0 Å². The average Bonchev–Trinajstić information content (AvgIpc) is 2.63. The molecular formula is C14H29N. The smallest absolute Gasteiger partial charge is 0.00412 e. The van der Waals surface area contributed by atoms with Crippen molar-refractivity contribution in [1.82, 2.24) is 4.90 Å². The lowest BCUT2D eigenvalue weighted by molar-refractivity contribution is 0.168. The van der Waals surface area contributed by atoms with Crippen molar-refractivity contribution in [2.24, 2.45) is 5.92 Å². The van der Waals surface area contributed by atoms with E-state index in [1.54, 1.807) is 0 Å². The van der Waals surface area contributed by atoms with Crippen molar-refractivity contribution in [3.63, 3.8) is 0 Å². The Hall–Kier alpha value is -0.0400. The summed E-state index contributed by atoms with van der Waals surface area (Å²) in [4.78, 5) is 2.62. The van der Waals surface area contributed by atoms with Gasteiger partial charge in [0.05, 0.1) is 0 Å². The first kappa shape index (κ1) is 13.0. The maximum atomic E-state index is 2.62. The zero-order valence-corrected chi connectivity index (χ0v) is 11.1. The fourth-order valence-corrected chi connectivity index (χ4v) is 2.97. The lowest BCUT2D eigenvalue weighted by atomic mass is 10.0. The minimum Gasteiger partial charge on any atom is -0.299 e. The first-order valence-corrected chi connectivity index (χ1v) is 6.87. The van der Waals surface area contributed by atoms with Crippen LogP contribution in [0.5, 0.6) is 0 Å². The SMILES string of the molecule is CC(C)N(CCCC1CCCC1)C(C)C. The summed E-state index contributed by atoms with van der Waals surface area (Å²) >= 11 is 0. The Morgan fingerprint density at radius 2 is 1.53 bits per heavy atom. The van der Waals surface area contributed by atoms with Crippen LogP contribution in [0.25, 0.3) is 0 Å². The summed E-state index contributed by atoms with van der Waals surface area (Å²) in [6, 6.07) is 1.40. The van der Waals surface area contributed by atoms with Gasteiger partial charge in [-0.05, 0) is 53.0 Å². The van der Waals surface area contributed by atoms with Gasteiger partial charge in [0.25, 0.3) is 0 Å². The lowest BCUT2D eigenvalue weighted by Gasteiger charge is -2.30. The van der Waals surface area contributed by atoms with Crippen molar-refractivity contribution < 1.29 is 0 Å². The Balaban J connectivity index is 2.15. The molecule has 1 saturated carbocycles. The second-order valence-electron chi connectivity index (χ2n) is 5.72. The van der Waals surface area contributed by atoms with Crippen LogP contribution in [0.1, 0.15) is 66.2 Å². The van der Waals surface area contributed by atoms with Gasteiger partial charge in [-0.25, -0.2) is 0 Å². The highest BCUT2D eigenvalue weighted by molar-refractivity contribution is 4.71. The summed E-state index contributed by atoms with van der Waals surface area (Å²) in [6.07, 6.45) is 8.86. The van der Waals surface area contributed by atoms with E-state index in [0.29, 0.717) is 12.1 Å². The standard InChI is InChI=1S/C14H29N/c1-12(2)15(13(3)4)11-7-10-14-8-5-6-9-14/h12-14H,5-11H2,1-4H3. The summed E-state index contributed by atoms with van der Waals surface area (Å²) in [6.45, 7) is 10.6. The maximum absolute atomic E-state index is 2.62. The molecule has 0 aromatic heterocycles. The van der Waals surface area contributed by atoms with Gasteiger partial charge in [-0.1, -0.05) is 25.7 Å². The monoisotopic (exact) mass is 211 g/mol. The second-order valence-corrected chi connectivity index (χ2v) is 5.72. The van der Waals surface area contributed by atoms with Crippen molar-refractivity contribution >= 4 is 0 Å². The molecule has 1 rings (SSSR count). The van der Waals surface area contributed by atoms with Crippen molar-refractivity contribution in [1.29, 1.82) is 0 Å². The Bertz CT molecular complexity index is 149. The quantitative estimate of drug-likeness (QED) is 0.640. The third-order valence-corrected chi connectivity index (χ3v) is 3.83. The third kappa shape index (κ3) is 4.55. The Morgan fingerprint density at radius 1 is 1.00 bits per heavy atom. The van der Waals surface area contributed by atoms with Gasteiger partial charge in [0.2, 0.25) is 0 Å². The van der Waals surface area contributed by atoms with Crippen LogP contribution >= 0.6 is 0 Å². The van der Waals surface area contributed by atoms with Crippen molar-refractivity contribution in [2.75, 3.05) is 6.54 Å². The van der Waals surface area contributed by atoms with Gasteiger partial charge in [-0.15, -0.1) is 0 Å². The minimum atomic E-state index is 0.702. The number of rotatable bonds is 6. The van der Waals surface area contributed by atoms with Crippen molar-refractivity contribution in [3.8, 4) is 0 Å². The Morgan fingerprint density at radius 3 is 2.00 bits per heavy atom. The molecule has 0 unspecified atom stereocenters. The van der Waals surface area contributed by atoms with Gasteiger partial charge in [0.15, 0.2) is 0 Å². The molecule has 0 aliphatic heterocycles. The molecule has 0 aromatic rings. The summed E-state index contributed by atoms with van der Waals surface area (Å²) in [5.74, 6) is 1.06. The first-order chi connectivity index (χ1) is 7.11. The maximum Gasteiger partial charge on any atom is 0.00412 e. The fourth-order valence-electron chi connectivity index (χ4n) is 2.97. The lowest BCUT2D eigenvalue weighted by Crippen LogP contribution is -2.37. The van der Waals surface area contributed by atoms with Gasteiger partial charge in [-0.3, -0.25) is 4.90 Å². The zero-order chi connectivity index (χ0) is 11.3. The molecule has 0 aromatic carbocycles. The third-order valence-electron chi connectivity index (χ3n) is 3.83. The van der Waals surface area contributed by atoms with Crippen LogP contribution in [0.3, 0.4) is 0 Å². The molecule has 0 bridgehead atoms. The highest BCUT2D eigenvalue weighted by Gasteiger charge is 2.16. The van der Waals surface area contributed by atoms with Crippen molar-refractivity contribution in [3.05, 3.63) is 0 Å². The van der Waals surface area contributed by atoms with Crippen LogP contribution < -0.4 is 0 Å². The Labute approximate surface area is 96.2 Å². The predicted molar refractivity (Wildman–Crippen MR) is 68.2 cm³/mol. The second kappa shape index (κ2) is 6.52. The largest absolute Gasteiger partial charge is 0.299 e. The highest BCUT2D eigenvalue weighted by Crippen LogP contribution is 2.28. The van der Waals surface area contributed by atoms with Crippen LogP contribution in [0.4, 0.5) is 0 Å². The van der Waals surface area contributed by atoms with Crippen LogP contribution in [-0.4, -0.2) is 23.5 Å². The van der Waals surface area contributed by atoms with E-state index in [2.05, 4.69) is 32.6 Å². The molecule has 1 aliphatic rings. The van der Waals surface area contributed by atoms with Gasteiger partial charge in [-0.2, -0.15) is 0 Å². The van der Waals surface area contributed by atoms with E-state index in [-0.39, 0.29) is 0 Å². The fraction of sp³-hybridized carbons (Fsp3) is 1.00. The molecule has 90 valence electrons. The molecule has 0 amide bonds. The molecule has 1 aliphatic carbocycles. The summed E-state index contributed by atoms with van der Waals surface area (Å²) in [5.41, 5.74) is 0. The molecule has 1 fully saturated rings.